The number of nitrogens with one attached hydrogen (secondary N) is 1. The smallest absolute Gasteiger partial charge is 0.274 e. The number of hydrogen-bond acceptors (Lipinski definition) is 5. The fourth-order valence-corrected chi connectivity index (χ4v) is 5.89. The lowest BCUT2D eigenvalue weighted by Crippen LogP contribution is -2.27. The van der Waals surface area contributed by atoms with E-state index in [-0.39, 0.29) is 40.3 Å². The highest BCUT2D eigenvalue weighted by Gasteiger charge is 2.55. The number of nitrogens with zero attached hydrogens (tertiary/aromatic N) is 3. The molecule has 4 aliphatic rings. The highest BCUT2D eigenvalue weighted by Crippen LogP contribution is 2.53. The zero-order chi connectivity index (χ0) is 23.8. The molecule has 1 saturated heterocycles. The molecule has 4 fully saturated rings. The minimum absolute atomic E-state index is 0.0532. The molecular weight excluding hydrogens is 444 g/mol. The van der Waals surface area contributed by atoms with Crippen LogP contribution in [-0.2, 0) is 10.2 Å². The molecule has 2 atom stereocenters. The highest BCUT2D eigenvalue weighted by atomic mass is 16.5. The van der Waals surface area contributed by atoms with Gasteiger partial charge in [-0.3, -0.25) is 9.59 Å². The van der Waals surface area contributed by atoms with Crippen molar-refractivity contribution in [2.75, 3.05) is 11.9 Å². The Morgan fingerprint density at radius 1 is 1.23 bits per heavy atom. The van der Waals surface area contributed by atoms with Crippen molar-refractivity contribution in [3.8, 4) is 5.75 Å². The van der Waals surface area contributed by atoms with E-state index in [1.165, 1.54) is 0 Å². The van der Waals surface area contributed by atoms with Crippen LogP contribution in [0.1, 0.15) is 80.4 Å². The first-order chi connectivity index (χ1) is 16.9. The van der Waals surface area contributed by atoms with Crippen molar-refractivity contribution in [3.05, 3.63) is 58.4 Å². The van der Waals surface area contributed by atoms with Gasteiger partial charge in [-0.25, -0.2) is 4.98 Å². The second kappa shape index (κ2) is 7.43. The van der Waals surface area contributed by atoms with Crippen LogP contribution in [-0.4, -0.2) is 38.2 Å². The summed E-state index contributed by atoms with van der Waals surface area (Å²) in [5, 5.41) is 2.85. The largest absolute Gasteiger partial charge is 0.489 e. The van der Waals surface area contributed by atoms with Crippen LogP contribution in [0.4, 0.5) is 5.69 Å². The Balaban J connectivity index is 1.25. The van der Waals surface area contributed by atoms with Gasteiger partial charge < -0.3 is 23.8 Å². The number of anilines is 1. The van der Waals surface area contributed by atoms with E-state index in [1.54, 1.807) is 23.0 Å². The van der Waals surface area contributed by atoms with Crippen molar-refractivity contribution in [3.63, 3.8) is 0 Å². The predicted octanol–water partition coefficient (Wildman–Crippen LogP) is 4.23. The first kappa shape index (κ1) is 21.2. The molecule has 1 aliphatic heterocycles. The summed E-state index contributed by atoms with van der Waals surface area (Å²) < 4.78 is 16.0. The van der Waals surface area contributed by atoms with Gasteiger partial charge in [0.1, 0.15) is 17.1 Å². The number of hydrogen-bond donors (Lipinski definition) is 1. The summed E-state index contributed by atoms with van der Waals surface area (Å²) in [6.07, 6.45) is 13.9. The number of fused-ring (bicyclic) bond motifs is 3. The van der Waals surface area contributed by atoms with E-state index in [2.05, 4.69) is 12.2 Å². The molecule has 1 N–H and O–H groups in total. The first-order valence-corrected chi connectivity index (χ1v) is 12.8. The van der Waals surface area contributed by atoms with E-state index in [1.807, 2.05) is 22.7 Å². The van der Waals surface area contributed by atoms with Gasteiger partial charge in [-0.05, 0) is 70.4 Å². The molecule has 0 unspecified atom stereocenters. The van der Waals surface area contributed by atoms with Crippen LogP contribution in [0.15, 0.2) is 41.6 Å². The van der Waals surface area contributed by atoms with Gasteiger partial charge in [0.2, 0.25) is 0 Å². The molecule has 2 bridgehead atoms. The second-order valence-corrected chi connectivity index (χ2v) is 11.1. The lowest BCUT2D eigenvalue weighted by molar-refractivity contribution is -0.00627. The third-order valence-electron chi connectivity index (χ3n) is 8.39. The van der Waals surface area contributed by atoms with Crippen LogP contribution >= 0.6 is 0 Å². The number of amides is 1. The van der Waals surface area contributed by atoms with E-state index in [9.17, 15) is 9.59 Å². The number of carbonyl (C=O) groups is 1. The third kappa shape index (κ3) is 3.49. The third-order valence-corrected chi connectivity index (χ3v) is 8.39. The van der Waals surface area contributed by atoms with E-state index in [0.717, 1.165) is 62.7 Å². The van der Waals surface area contributed by atoms with Crippen LogP contribution in [0, 0.1) is 0 Å². The molecule has 3 aromatic rings. The lowest BCUT2D eigenvalue weighted by atomic mass is 9.84. The minimum atomic E-state index is -0.349. The molecule has 182 valence electrons. The monoisotopic (exact) mass is 474 g/mol. The predicted molar refractivity (Wildman–Crippen MR) is 130 cm³/mol. The van der Waals surface area contributed by atoms with Crippen LogP contribution in [0.25, 0.3) is 5.65 Å². The van der Waals surface area contributed by atoms with E-state index in [0.29, 0.717) is 17.9 Å². The van der Waals surface area contributed by atoms with Crippen LogP contribution in [0.2, 0.25) is 0 Å². The number of imidazole rings is 1. The molecule has 7 rings (SSSR count). The Morgan fingerprint density at radius 3 is 2.74 bits per heavy atom. The molecule has 3 saturated carbocycles. The van der Waals surface area contributed by atoms with Crippen molar-refractivity contribution in [2.24, 2.45) is 0 Å². The van der Waals surface area contributed by atoms with Gasteiger partial charge in [0.15, 0.2) is 0 Å². The standard InChI is InChI=1S/C27H30N4O4/c1-26-9-10-27(15-26,16-34-26)22-14-30-13-19(21(12-23(30)29-22)35-18-4-2-5-18)24(32)28-20-6-3-11-31(25(20)33)17-7-8-17/h3,6,11-14,17-18H,2,4-5,7-10,15-16H2,1H3,(H,28,32)/t26-,27-/m1/s1. The summed E-state index contributed by atoms with van der Waals surface area (Å²) in [5.74, 6) is 0.171. The Morgan fingerprint density at radius 2 is 2.09 bits per heavy atom. The zero-order valence-corrected chi connectivity index (χ0v) is 20.0. The molecule has 1 amide bonds. The van der Waals surface area contributed by atoms with Crippen LogP contribution in [0.3, 0.4) is 0 Å². The van der Waals surface area contributed by atoms with E-state index < -0.39 is 0 Å². The number of ether oxygens (including phenoxy) is 2. The second-order valence-electron chi connectivity index (χ2n) is 11.1. The summed E-state index contributed by atoms with van der Waals surface area (Å²) in [6.45, 7) is 2.87. The Bertz CT molecular complexity index is 1390. The molecule has 3 aliphatic carbocycles. The number of rotatable bonds is 6. The molecule has 35 heavy (non-hydrogen) atoms. The Hall–Kier alpha value is -3.13. The molecule has 8 nitrogen and oxygen atoms in total. The molecule has 0 aromatic carbocycles. The normalized spacial score (nSPS) is 27.8. The Kier molecular flexibility index (Phi) is 4.50. The van der Waals surface area contributed by atoms with Crippen LogP contribution in [0.5, 0.6) is 5.75 Å². The van der Waals surface area contributed by atoms with Gasteiger partial charge in [0.05, 0.1) is 29.6 Å². The van der Waals surface area contributed by atoms with E-state index >= 15 is 0 Å². The fraction of sp³-hybridized carbons (Fsp3) is 0.519. The minimum Gasteiger partial charge on any atom is -0.489 e. The summed E-state index contributed by atoms with van der Waals surface area (Å²) in [6, 6.07) is 5.58. The van der Waals surface area contributed by atoms with Crippen molar-refractivity contribution in [1.29, 1.82) is 0 Å². The van der Waals surface area contributed by atoms with Gasteiger partial charge >= 0.3 is 0 Å². The number of carbonyl (C=O) groups excluding carboxylic acids is 1. The summed E-state index contributed by atoms with van der Waals surface area (Å²) in [4.78, 5) is 31.3. The molecule has 8 heteroatoms. The van der Waals surface area contributed by atoms with Crippen molar-refractivity contribution < 1.29 is 14.3 Å². The first-order valence-electron chi connectivity index (χ1n) is 12.8. The maximum Gasteiger partial charge on any atom is 0.274 e. The average Bonchev–Trinajstić information content (AvgIpc) is 3.34. The Labute approximate surface area is 203 Å². The summed E-state index contributed by atoms with van der Waals surface area (Å²) in [7, 11) is 0. The molecule has 0 spiro atoms. The number of aromatic nitrogens is 3. The maximum atomic E-state index is 13.5. The van der Waals surface area contributed by atoms with Crippen molar-refractivity contribution in [1.82, 2.24) is 14.0 Å². The molecular formula is C27H30N4O4. The molecule has 0 radical (unpaired) electrons. The molecule has 3 aromatic heterocycles. The fourth-order valence-electron chi connectivity index (χ4n) is 5.89. The number of pyridine rings is 2. The van der Waals surface area contributed by atoms with Gasteiger partial charge in [-0.1, -0.05) is 0 Å². The highest BCUT2D eigenvalue weighted by molar-refractivity contribution is 6.06. The lowest BCUT2D eigenvalue weighted by Gasteiger charge is -2.27. The van der Waals surface area contributed by atoms with Crippen molar-refractivity contribution >= 4 is 17.2 Å². The van der Waals surface area contributed by atoms with Crippen molar-refractivity contribution in [2.45, 2.75) is 81.5 Å². The summed E-state index contributed by atoms with van der Waals surface area (Å²) in [5.41, 5.74) is 2.19. The van der Waals surface area contributed by atoms with Crippen LogP contribution < -0.4 is 15.6 Å². The van der Waals surface area contributed by atoms with E-state index in [4.69, 9.17) is 14.5 Å². The SMILES string of the molecule is C[C@]12CC[C@](c3cn4cc(C(=O)Nc5cccn(C6CC6)c5=O)c(OC5CCC5)cc4n3)(CO1)C2. The van der Waals surface area contributed by atoms with Gasteiger partial charge in [-0.15, -0.1) is 0 Å². The topological polar surface area (TPSA) is 86.9 Å². The van der Waals surface area contributed by atoms with Gasteiger partial charge in [0.25, 0.3) is 11.5 Å². The zero-order valence-electron chi connectivity index (χ0n) is 20.0. The average molecular weight is 475 g/mol. The van der Waals surface area contributed by atoms with Gasteiger partial charge in [-0.2, -0.15) is 0 Å². The maximum absolute atomic E-state index is 13.5. The quantitative estimate of drug-likeness (QED) is 0.578. The molecule has 4 heterocycles. The summed E-state index contributed by atoms with van der Waals surface area (Å²) >= 11 is 0. The van der Waals surface area contributed by atoms with Gasteiger partial charge in [0, 0.05) is 36.1 Å².